The number of hydrazine groups is 1. The van der Waals surface area contributed by atoms with Crippen LogP contribution in [0.25, 0.3) is 0 Å². The van der Waals surface area contributed by atoms with Gasteiger partial charge in [0, 0.05) is 6.42 Å². The molecule has 10 heteroatoms. The fraction of sp³-hybridized carbons (Fsp3) is 0.588. The van der Waals surface area contributed by atoms with Crippen LogP contribution in [0, 0.1) is 6.92 Å². The Kier molecular flexibility index (Phi) is 7.71. The maximum atomic E-state index is 10.5. The molecule has 9 nitrogen and oxygen atoms in total. The third kappa shape index (κ3) is 5.96. The second kappa shape index (κ2) is 9.58. The van der Waals surface area contributed by atoms with Gasteiger partial charge in [-0.2, -0.15) is 8.42 Å². The summed E-state index contributed by atoms with van der Waals surface area (Å²) in [5, 5.41) is 1.79. The van der Waals surface area contributed by atoms with Gasteiger partial charge in [0.2, 0.25) is 0 Å². The third-order valence-electron chi connectivity index (χ3n) is 4.71. The average Bonchev–Trinajstić information content (AvgIpc) is 3.08. The van der Waals surface area contributed by atoms with E-state index >= 15 is 0 Å². The lowest BCUT2D eigenvalue weighted by atomic mass is 10.2. The van der Waals surface area contributed by atoms with Crippen LogP contribution in [0.4, 0.5) is 0 Å². The van der Waals surface area contributed by atoms with Gasteiger partial charge >= 0.3 is 5.96 Å². The molecule has 0 saturated carbocycles. The number of morpholine rings is 1. The summed E-state index contributed by atoms with van der Waals surface area (Å²) in [4.78, 5) is 4.49. The monoisotopic (exact) mass is 400 g/mol. The van der Waals surface area contributed by atoms with Gasteiger partial charge in [-0.1, -0.05) is 17.7 Å². The Morgan fingerprint density at radius 1 is 1.26 bits per heavy atom. The van der Waals surface area contributed by atoms with E-state index in [9.17, 15) is 8.42 Å². The number of ether oxygens (including phenoxy) is 1. The number of nitrogens with zero attached hydrogens (tertiary/aromatic N) is 3. The summed E-state index contributed by atoms with van der Waals surface area (Å²) in [5.74, 6) is 7.01. The van der Waals surface area contributed by atoms with Crippen LogP contribution in [-0.2, 0) is 14.9 Å². The van der Waals surface area contributed by atoms with E-state index < -0.39 is 10.1 Å². The molecule has 3 rings (SSSR count). The lowest BCUT2D eigenvalue weighted by molar-refractivity contribution is -0.855. The molecule has 1 aromatic carbocycles. The number of aliphatic imine (C=N–C) groups is 1. The molecule has 27 heavy (non-hydrogen) atoms. The topological polar surface area (TPSA) is 131 Å². The van der Waals surface area contributed by atoms with E-state index in [0.29, 0.717) is 0 Å². The minimum atomic E-state index is -4.02. The van der Waals surface area contributed by atoms with E-state index in [0.717, 1.165) is 74.9 Å². The van der Waals surface area contributed by atoms with E-state index in [2.05, 4.69) is 4.99 Å². The molecular formula is C17H30N5O4S+. The highest BCUT2D eigenvalue weighted by Crippen LogP contribution is 2.18. The number of benzene rings is 1. The van der Waals surface area contributed by atoms with Crippen LogP contribution in [0.2, 0.25) is 0 Å². The average molecular weight is 401 g/mol. The molecular weight excluding hydrogens is 370 g/mol. The number of nitrogens with two attached hydrogens (primary N) is 2. The summed E-state index contributed by atoms with van der Waals surface area (Å²) in [6.07, 6.45) is 1.01. The predicted molar refractivity (Wildman–Crippen MR) is 104 cm³/mol. The zero-order valence-electron chi connectivity index (χ0n) is 15.7. The molecule has 152 valence electrons. The summed E-state index contributed by atoms with van der Waals surface area (Å²) >= 11 is 0. The van der Waals surface area contributed by atoms with Gasteiger partial charge in [-0.15, -0.1) is 0 Å². The highest BCUT2D eigenvalue weighted by Gasteiger charge is 2.40. The van der Waals surface area contributed by atoms with Crippen LogP contribution in [0.15, 0.2) is 34.2 Å². The van der Waals surface area contributed by atoms with Gasteiger partial charge in [0.05, 0.1) is 37.7 Å². The molecule has 1 aromatic rings. The zero-order chi connectivity index (χ0) is 19.9. The lowest BCUT2D eigenvalue weighted by Gasteiger charge is -2.41. The highest BCUT2D eigenvalue weighted by atomic mass is 32.2. The van der Waals surface area contributed by atoms with Crippen molar-refractivity contribution in [3.8, 4) is 0 Å². The Morgan fingerprint density at radius 3 is 2.37 bits per heavy atom. The molecule has 0 aromatic heterocycles. The van der Waals surface area contributed by atoms with Gasteiger partial charge in [-0.25, -0.2) is 15.8 Å². The summed E-state index contributed by atoms with van der Waals surface area (Å²) < 4.78 is 35.8. The molecule has 0 aliphatic carbocycles. The van der Waals surface area contributed by atoms with Crippen molar-refractivity contribution < 1.29 is 22.2 Å². The molecule has 0 spiro atoms. The first-order chi connectivity index (χ1) is 12.8. The van der Waals surface area contributed by atoms with Gasteiger partial charge in [-0.05, 0) is 25.6 Å². The first-order valence-corrected chi connectivity index (χ1v) is 10.5. The number of quaternary nitrogens is 1. The summed E-state index contributed by atoms with van der Waals surface area (Å²) in [6, 6.07) is 5.99. The first kappa shape index (κ1) is 21.7. The summed E-state index contributed by atoms with van der Waals surface area (Å²) in [6.45, 7) is 8.74. The predicted octanol–water partition coefficient (Wildman–Crippen LogP) is -0.0308. The number of hydrogen-bond acceptors (Lipinski definition) is 7. The maximum absolute atomic E-state index is 10.5. The van der Waals surface area contributed by atoms with Crippen molar-refractivity contribution in [2.75, 3.05) is 52.5 Å². The Balaban J connectivity index is 0.000000208. The molecule has 2 aliphatic heterocycles. The Labute approximate surface area is 160 Å². The number of guanidine groups is 1. The second-order valence-corrected chi connectivity index (χ2v) is 8.16. The SMILES string of the molecule is Cc1ccc(S(=O)(=O)O)cc1.NCCC[N+]1(C2=NCCN2N)CCOCC1. The van der Waals surface area contributed by atoms with Crippen molar-refractivity contribution in [1.82, 2.24) is 5.01 Å². The molecule has 2 aliphatic rings. The molecule has 1 fully saturated rings. The maximum Gasteiger partial charge on any atom is 0.314 e. The summed E-state index contributed by atoms with van der Waals surface area (Å²) in [5.41, 5.74) is 6.57. The van der Waals surface area contributed by atoms with Crippen LogP contribution < -0.4 is 11.6 Å². The third-order valence-corrected chi connectivity index (χ3v) is 5.58. The molecule has 5 N–H and O–H groups in total. The molecule has 0 radical (unpaired) electrons. The first-order valence-electron chi connectivity index (χ1n) is 9.04. The molecule has 2 heterocycles. The van der Waals surface area contributed by atoms with Crippen molar-refractivity contribution in [2.45, 2.75) is 18.2 Å². The smallest absolute Gasteiger partial charge is 0.314 e. The van der Waals surface area contributed by atoms with Crippen LogP contribution in [0.3, 0.4) is 0 Å². The van der Waals surface area contributed by atoms with E-state index in [4.69, 9.17) is 20.9 Å². The highest BCUT2D eigenvalue weighted by molar-refractivity contribution is 7.85. The minimum absolute atomic E-state index is 0.0666. The normalized spacial score (nSPS) is 19.3. The van der Waals surface area contributed by atoms with Gasteiger partial charge in [0.15, 0.2) is 0 Å². The molecule has 1 saturated heterocycles. The lowest BCUT2D eigenvalue weighted by Crippen LogP contribution is -2.64. The molecule has 0 amide bonds. The quantitative estimate of drug-likeness (QED) is 0.367. The van der Waals surface area contributed by atoms with E-state index in [1.165, 1.54) is 12.1 Å². The molecule has 0 bridgehead atoms. The standard InChI is InChI=1S/C10H22N5O.C7H8O3S/c11-2-1-5-15(6-8-16-9-7-15)10-13-3-4-14(10)12;1-6-2-4-7(5-3-6)11(8,9)10/h1-9,11-12H2;2-5H,1H3,(H,8,9,10)/q+1;. The zero-order valence-corrected chi connectivity index (χ0v) is 16.6. The van der Waals surface area contributed by atoms with E-state index in [1.807, 2.05) is 6.92 Å². The fourth-order valence-corrected chi connectivity index (χ4v) is 3.67. The van der Waals surface area contributed by atoms with Gasteiger partial charge < -0.3 is 10.5 Å². The Hall–Kier alpha value is -1.56. The fourth-order valence-electron chi connectivity index (χ4n) is 3.19. The van der Waals surface area contributed by atoms with Crippen LogP contribution in [0.5, 0.6) is 0 Å². The molecule has 0 unspecified atom stereocenters. The molecule has 0 atom stereocenters. The van der Waals surface area contributed by atoms with Crippen LogP contribution in [0.1, 0.15) is 12.0 Å². The largest absolute Gasteiger partial charge is 0.370 e. The minimum Gasteiger partial charge on any atom is -0.370 e. The van der Waals surface area contributed by atoms with Crippen LogP contribution in [-0.4, -0.2) is 80.9 Å². The van der Waals surface area contributed by atoms with Gasteiger partial charge in [0.1, 0.15) is 13.1 Å². The van der Waals surface area contributed by atoms with Gasteiger partial charge in [0.25, 0.3) is 10.1 Å². The van der Waals surface area contributed by atoms with Crippen molar-refractivity contribution in [1.29, 1.82) is 0 Å². The van der Waals surface area contributed by atoms with Crippen molar-refractivity contribution in [2.24, 2.45) is 16.6 Å². The Bertz CT molecular complexity index is 730. The summed E-state index contributed by atoms with van der Waals surface area (Å²) in [7, 11) is -4.02. The van der Waals surface area contributed by atoms with Crippen LogP contribution >= 0.6 is 0 Å². The van der Waals surface area contributed by atoms with Crippen molar-refractivity contribution in [3.05, 3.63) is 29.8 Å². The van der Waals surface area contributed by atoms with Gasteiger partial charge in [-0.3, -0.25) is 9.04 Å². The van der Waals surface area contributed by atoms with E-state index in [1.54, 1.807) is 17.1 Å². The van der Waals surface area contributed by atoms with Crippen molar-refractivity contribution >= 4 is 16.1 Å². The Morgan fingerprint density at radius 2 is 1.89 bits per heavy atom. The number of hydrogen-bond donors (Lipinski definition) is 3. The number of aryl methyl sites for hydroxylation is 1. The van der Waals surface area contributed by atoms with Crippen molar-refractivity contribution in [3.63, 3.8) is 0 Å². The number of rotatable bonds is 4. The second-order valence-electron chi connectivity index (χ2n) is 6.73. The van der Waals surface area contributed by atoms with E-state index in [-0.39, 0.29) is 4.90 Å².